The molecule has 1 aromatic heterocycles. The fourth-order valence-electron chi connectivity index (χ4n) is 3.22. The number of carboxylic acids is 1. The van der Waals surface area contributed by atoms with Crippen LogP contribution in [0.1, 0.15) is 35.3 Å². The summed E-state index contributed by atoms with van der Waals surface area (Å²) in [6.07, 6.45) is 6.42. The van der Waals surface area contributed by atoms with Gasteiger partial charge in [0.2, 0.25) is 0 Å². The van der Waals surface area contributed by atoms with E-state index in [4.69, 9.17) is 5.11 Å². The first-order chi connectivity index (χ1) is 9.25. The monoisotopic (exact) mass is 262 g/mol. The number of carbonyl (C=O) groups is 1. The van der Waals surface area contributed by atoms with E-state index in [1.165, 1.54) is 31.9 Å². The van der Waals surface area contributed by atoms with Crippen molar-refractivity contribution in [3.05, 3.63) is 23.8 Å². The SMILES string of the molecule is O=C(O)c1cncnc1CNC1CCN2CCCC12. The van der Waals surface area contributed by atoms with Gasteiger partial charge in [-0.15, -0.1) is 0 Å². The lowest BCUT2D eigenvalue weighted by molar-refractivity contribution is 0.0694. The molecule has 2 saturated heterocycles. The Morgan fingerprint density at radius 1 is 1.47 bits per heavy atom. The Hall–Kier alpha value is -1.53. The molecule has 2 fully saturated rings. The van der Waals surface area contributed by atoms with Crippen LogP contribution in [0.25, 0.3) is 0 Å². The summed E-state index contributed by atoms with van der Waals surface area (Å²) in [5.74, 6) is -0.966. The highest BCUT2D eigenvalue weighted by molar-refractivity contribution is 5.88. The maximum atomic E-state index is 11.1. The molecule has 2 aliphatic rings. The second kappa shape index (κ2) is 5.22. The third kappa shape index (κ3) is 2.46. The summed E-state index contributed by atoms with van der Waals surface area (Å²) in [4.78, 5) is 21.5. The summed E-state index contributed by atoms with van der Waals surface area (Å²) >= 11 is 0. The van der Waals surface area contributed by atoms with Crippen molar-refractivity contribution in [2.75, 3.05) is 13.1 Å². The van der Waals surface area contributed by atoms with Gasteiger partial charge in [0.05, 0.1) is 5.69 Å². The Balaban J connectivity index is 1.65. The maximum Gasteiger partial charge on any atom is 0.339 e. The predicted octanol–water partition coefficient (Wildman–Crippen LogP) is 0.501. The smallest absolute Gasteiger partial charge is 0.339 e. The van der Waals surface area contributed by atoms with Crippen molar-refractivity contribution in [2.45, 2.75) is 37.9 Å². The number of nitrogens with zero attached hydrogens (tertiary/aromatic N) is 3. The molecule has 0 amide bonds. The van der Waals surface area contributed by atoms with Crippen LogP contribution in [0.5, 0.6) is 0 Å². The van der Waals surface area contributed by atoms with Gasteiger partial charge in [-0.1, -0.05) is 0 Å². The van der Waals surface area contributed by atoms with E-state index in [-0.39, 0.29) is 5.56 Å². The van der Waals surface area contributed by atoms with E-state index < -0.39 is 5.97 Å². The topological polar surface area (TPSA) is 78.3 Å². The number of rotatable bonds is 4. The van der Waals surface area contributed by atoms with Gasteiger partial charge >= 0.3 is 5.97 Å². The molecule has 3 rings (SSSR count). The van der Waals surface area contributed by atoms with Crippen LogP contribution < -0.4 is 5.32 Å². The highest BCUT2D eigenvalue weighted by Crippen LogP contribution is 2.28. The number of hydrogen-bond donors (Lipinski definition) is 2. The zero-order chi connectivity index (χ0) is 13.2. The first kappa shape index (κ1) is 12.5. The number of aromatic nitrogens is 2. The molecule has 2 aliphatic heterocycles. The van der Waals surface area contributed by atoms with E-state index in [9.17, 15) is 4.79 Å². The van der Waals surface area contributed by atoms with Gasteiger partial charge in [0, 0.05) is 31.4 Å². The lowest BCUT2D eigenvalue weighted by Crippen LogP contribution is -2.39. The molecule has 0 bridgehead atoms. The molecule has 0 aliphatic carbocycles. The predicted molar refractivity (Wildman–Crippen MR) is 68.8 cm³/mol. The fraction of sp³-hybridized carbons (Fsp3) is 0.615. The van der Waals surface area contributed by atoms with Gasteiger partial charge in [0.25, 0.3) is 0 Å². The lowest BCUT2D eigenvalue weighted by Gasteiger charge is -2.21. The van der Waals surface area contributed by atoms with Crippen LogP contribution in [-0.2, 0) is 6.54 Å². The molecule has 2 N–H and O–H groups in total. The molecule has 0 radical (unpaired) electrons. The van der Waals surface area contributed by atoms with Crippen LogP contribution in [0, 0.1) is 0 Å². The van der Waals surface area contributed by atoms with E-state index in [2.05, 4.69) is 20.2 Å². The molecule has 0 saturated carbocycles. The molecule has 2 atom stereocenters. The number of fused-ring (bicyclic) bond motifs is 1. The molecular formula is C13H18N4O2. The Morgan fingerprint density at radius 2 is 2.37 bits per heavy atom. The molecule has 6 nitrogen and oxygen atoms in total. The van der Waals surface area contributed by atoms with Gasteiger partial charge in [0.1, 0.15) is 11.9 Å². The van der Waals surface area contributed by atoms with Gasteiger partial charge < -0.3 is 10.4 Å². The summed E-state index contributed by atoms with van der Waals surface area (Å²) in [7, 11) is 0. The second-order valence-corrected chi connectivity index (χ2v) is 5.21. The number of hydrogen-bond acceptors (Lipinski definition) is 5. The first-order valence-corrected chi connectivity index (χ1v) is 6.75. The van der Waals surface area contributed by atoms with Gasteiger partial charge in [0.15, 0.2) is 0 Å². The van der Waals surface area contributed by atoms with Gasteiger partial charge in [-0.3, -0.25) is 4.90 Å². The van der Waals surface area contributed by atoms with E-state index in [0.717, 1.165) is 13.0 Å². The highest BCUT2D eigenvalue weighted by Gasteiger charge is 2.36. The van der Waals surface area contributed by atoms with E-state index in [0.29, 0.717) is 24.3 Å². The normalized spacial score (nSPS) is 26.5. The largest absolute Gasteiger partial charge is 0.478 e. The van der Waals surface area contributed by atoms with Crippen molar-refractivity contribution in [1.29, 1.82) is 0 Å². The highest BCUT2D eigenvalue weighted by atomic mass is 16.4. The van der Waals surface area contributed by atoms with Crippen LogP contribution in [0.15, 0.2) is 12.5 Å². The Bertz CT molecular complexity index is 479. The third-order valence-electron chi connectivity index (χ3n) is 4.16. The van der Waals surface area contributed by atoms with E-state index in [1.54, 1.807) is 0 Å². The molecule has 19 heavy (non-hydrogen) atoms. The lowest BCUT2D eigenvalue weighted by atomic mass is 10.1. The minimum absolute atomic E-state index is 0.191. The molecular weight excluding hydrogens is 244 g/mol. The number of aromatic carboxylic acids is 1. The summed E-state index contributed by atoms with van der Waals surface area (Å²) in [5.41, 5.74) is 0.759. The van der Waals surface area contributed by atoms with Crippen LogP contribution >= 0.6 is 0 Å². The molecule has 102 valence electrons. The first-order valence-electron chi connectivity index (χ1n) is 6.75. The van der Waals surface area contributed by atoms with Crippen molar-refractivity contribution in [2.24, 2.45) is 0 Å². The molecule has 1 aromatic rings. The van der Waals surface area contributed by atoms with Crippen LogP contribution in [0.4, 0.5) is 0 Å². The molecule has 6 heteroatoms. The van der Waals surface area contributed by atoms with Crippen molar-refractivity contribution < 1.29 is 9.90 Å². The molecule has 0 spiro atoms. The molecule has 3 heterocycles. The molecule has 0 aromatic carbocycles. The van der Waals surface area contributed by atoms with E-state index in [1.807, 2.05) is 0 Å². The summed E-state index contributed by atoms with van der Waals surface area (Å²) < 4.78 is 0. The number of carboxylic acid groups (broad SMARTS) is 1. The summed E-state index contributed by atoms with van der Waals surface area (Å²) in [6, 6.07) is 1.08. The Labute approximate surface area is 111 Å². The van der Waals surface area contributed by atoms with Gasteiger partial charge in [-0.25, -0.2) is 14.8 Å². The van der Waals surface area contributed by atoms with Gasteiger partial charge in [-0.2, -0.15) is 0 Å². The van der Waals surface area contributed by atoms with Crippen molar-refractivity contribution in [3.63, 3.8) is 0 Å². The van der Waals surface area contributed by atoms with Gasteiger partial charge in [-0.05, 0) is 25.8 Å². The summed E-state index contributed by atoms with van der Waals surface area (Å²) in [5, 5.41) is 12.6. The van der Waals surface area contributed by atoms with Crippen molar-refractivity contribution >= 4 is 5.97 Å². The van der Waals surface area contributed by atoms with Crippen LogP contribution in [0.3, 0.4) is 0 Å². The fourth-order valence-corrected chi connectivity index (χ4v) is 3.22. The standard InChI is InChI=1S/C13H18N4O2/c18-13(19)9-6-14-8-16-11(9)7-15-10-3-5-17-4-1-2-12(10)17/h6,8,10,12,15H,1-5,7H2,(H,18,19). The van der Waals surface area contributed by atoms with Crippen molar-refractivity contribution in [1.82, 2.24) is 20.2 Å². The summed E-state index contributed by atoms with van der Waals surface area (Å²) in [6.45, 7) is 2.85. The third-order valence-corrected chi connectivity index (χ3v) is 4.16. The second-order valence-electron chi connectivity index (χ2n) is 5.21. The number of nitrogens with one attached hydrogen (secondary N) is 1. The molecule has 2 unspecified atom stereocenters. The van der Waals surface area contributed by atoms with E-state index >= 15 is 0 Å². The van der Waals surface area contributed by atoms with Crippen LogP contribution in [-0.4, -0.2) is 51.1 Å². The Kier molecular flexibility index (Phi) is 3.44. The minimum atomic E-state index is -0.966. The average molecular weight is 262 g/mol. The Morgan fingerprint density at radius 3 is 3.21 bits per heavy atom. The zero-order valence-electron chi connectivity index (χ0n) is 10.7. The average Bonchev–Trinajstić information content (AvgIpc) is 3.00. The maximum absolute atomic E-state index is 11.1. The van der Waals surface area contributed by atoms with Crippen LogP contribution in [0.2, 0.25) is 0 Å². The van der Waals surface area contributed by atoms with Crippen molar-refractivity contribution in [3.8, 4) is 0 Å². The quantitative estimate of drug-likeness (QED) is 0.822. The minimum Gasteiger partial charge on any atom is -0.478 e. The zero-order valence-corrected chi connectivity index (χ0v) is 10.7.